The third kappa shape index (κ3) is 4.36. The molecule has 0 bridgehead atoms. The second-order valence-electron chi connectivity index (χ2n) is 7.30. The maximum absolute atomic E-state index is 12.9. The van der Waals surface area contributed by atoms with Gasteiger partial charge in [0.2, 0.25) is 15.9 Å². The lowest BCUT2D eigenvalue weighted by molar-refractivity contribution is -0.385. The van der Waals surface area contributed by atoms with Crippen LogP contribution in [0.1, 0.15) is 18.9 Å². The van der Waals surface area contributed by atoms with Crippen LogP contribution in [0.3, 0.4) is 0 Å². The number of benzene rings is 2. The molecule has 9 nitrogen and oxygen atoms in total. The third-order valence-corrected chi connectivity index (χ3v) is 7.32. The Kier molecular flexibility index (Phi) is 5.86. The maximum atomic E-state index is 12.9. The normalized spacial score (nSPS) is 16.8. The molecule has 0 radical (unpaired) electrons. The van der Waals surface area contributed by atoms with E-state index in [1.807, 2.05) is 37.3 Å². The molecule has 0 saturated carbocycles. The molecule has 1 fully saturated rings. The molecule has 0 amide bonds. The number of oxazole rings is 1. The van der Waals surface area contributed by atoms with E-state index in [9.17, 15) is 18.5 Å². The molecule has 162 valence electrons. The van der Waals surface area contributed by atoms with Gasteiger partial charge in [-0.1, -0.05) is 36.4 Å². The Morgan fingerprint density at radius 1 is 1.06 bits per heavy atom. The van der Waals surface area contributed by atoms with E-state index in [0.29, 0.717) is 24.7 Å². The van der Waals surface area contributed by atoms with Crippen molar-refractivity contribution < 1.29 is 17.8 Å². The molecule has 0 spiro atoms. The number of aromatic nitrogens is 1. The van der Waals surface area contributed by atoms with Crippen LogP contribution in [0.5, 0.6) is 0 Å². The van der Waals surface area contributed by atoms with E-state index < -0.39 is 14.9 Å². The first-order valence-electron chi connectivity index (χ1n) is 9.86. The van der Waals surface area contributed by atoms with Gasteiger partial charge in [-0.05, 0) is 13.0 Å². The summed E-state index contributed by atoms with van der Waals surface area (Å²) in [6.07, 6.45) is 1.70. The van der Waals surface area contributed by atoms with E-state index in [1.165, 1.54) is 22.5 Å². The average Bonchev–Trinajstić information content (AvgIpc) is 3.30. The predicted molar refractivity (Wildman–Crippen MR) is 114 cm³/mol. The Bertz CT molecular complexity index is 1170. The smallest absolute Gasteiger partial charge is 0.270 e. The molecule has 1 unspecified atom stereocenters. The van der Waals surface area contributed by atoms with Gasteiger partial charge >= 0.3 is 0 Å². The van der Waals surface area contributed by atoms with Gasteiger partial charge in [0.25, 0.3) is 5.69 Å². The summed E-state index contributed by atoms with van der Waals surface area (Å²) in [6, 6.07) is 14.7. The predicted octanol–water partition coefficient (Wildman–Crippen LogP) is 3.32. The molecule has 1 atom stereocenters. The largest absolute Gasteiger partial charge is 0.439 e. The van der Waals surface area contributed by atoms with Crippen molar-refractivity contribution in [1.29, 1.82) is 0 Å². The SMILES string of the molecule is CC(c1ncc(-c2ccccc2)o1)N1CCN(S(=O)(=O)c2cccc([N+](=O)[O-])c2)CC1. The van der Waals surface area contributed by atoms with Crippen LogP contribution >= 0.6 is 0 Å². The van der Waals surface area contributed by atoms with Crippen molar-refractivity contribution >= 4 is 15.7 Å². The summed E-state index contributed by atoms with van der Waals surface area (Å²) in [5.41, 5.74) is 0.702. The molecule has 1 aromatic heterocycles. The van der Waals surface area contributed by atoms with Crippen LogP contribution in [0.2, 0.25) is 0 Å². The second kappa shape index (κ2) is 8.58. The zero-order valence-electron chi connectivity index (χ0n) is 16.9. The number of rotatable bonds is 6. The Balaban J connectivity index is 1.43. The summed E-state index contributed by atoms with van der Waals surface area (Å²) in [6.45, 7) is 3.53. The average molecular weight is 442 g/mol. The molecule has 0 N–H and O–H groups in total. The van der Waals surface area contributed by atoms with Crippen molar-refractivity contribution in [1.82, 2.24) is 14.2 Å². The standard InChI is InChI=1S/C21H22N4O5S/c1-16(21-22-15-20(30-21)17-6-3-2-4-7-17)23-10-12-24(13-11-23)31(28,29)19-9-5-8-18(14-19)25(26)27/h2-9,14-16H,10-13H2,1H3. The lowest BCUT2D eigenvalue weighted by Crippen LogP contribution is -2.49. The van der Waals surface area contributed by atoms with Crippen molar-refractivity contribution in [2.24, 2.45) is 0 Å². The summed E-state index contributed by atoms with van der Waals surface area (Å²) >= 11 is 0. The fourth-order valence-corrected chi connectivity index (χ4v) is 5.07. The topological polar surface area (TPSA) is 110 Å². The fraction of sp³-hybridized carbons (Fsp3) is 0.286. The maximum Gasteiger partial charge on any atom is 0.270 e. The van der Waals surface area contributed by atoms with Gasteiger partial charge in [-0.15, -0.1) is 0 Å². The van der Waals surface area contributed by atoms with Crippen LogP contribution in [0.25, 0.3) is 11.3 Å². The highest BCUT2D eigenvalue weighted by Gasteiger charge is 2.32. The first-order valence-corrected chi connectivity index (χ1v) is 11.3. The van der Waals surface area contributed by atoms with Crippen molar-refractivity contribution in [3.05, 3.63) is 76.8 Å². The molecule has 3 aromatic rings. The molecule has 2 aromatic carbocycles. The molecular weight excluding hydrogens is 420 g/mol. The zero-order chi connectivity index (χ0) is 22.0. The monoisotopic (exact) mass is 442 g/mol. The Hall–Kier alpha value is -3.08. The number of piperazine rings is 1. The number of sulfonamides is 1. The van der Waals surface area contributed by atoms with Gasteiger partial charge in [0.15, 0.2) is 5.76 Å². The van der Waals surface area contributed by atoms with E-state index in [2.05, 4.69) is 9.88 Å². The lowest BCUT2D eigenvalue weighted by Gasteiger charge is -2.36. The van der Waals surface area contributed by atoms with Gasteiger partial charge in [0, 0.05) is 43.9 Å². The van der Waals surface area contributed by atoms with Crippen molar-refractivity contribution in [2.45, 2.75) is 17.9 Å². The van der Waals surface area contributed by atoms with Crippen LogP contribution < -0.4 is 0 Å². The number of nitrogens with zero attached hydrogens (tertiary/aromatic N) is 4. The summed E-state index contributed by atoms with van der Waals surface area (Å²) in [5.74, 6) is 1.27. The number of hydrogen-bond donors (Lipinski definition) is 0. The van der Waals surface area contributed by atoms with Crippen LogP contribution in [0.4, 0.5) is 5.69 Å². The zero-order valence-corrected chi connectivity index (χ0v) is 17.7. The van der Waals surface area contributed by atoms with E-state index >= 15 is 0 Å². The number of nitro groups is 1. The van der Waals surface area contributed by atoms with Crippen LogP contribution in [0, 0.1) is 10.1 Å². The van der Waals surface area contributed by atoms with E-state index in [0.717, 1.165) is 11.6 Å². The molecule has 10 heteroatoms. The summed E-state index contributed by atoms with van der Waals surface area (Å²) < 4.78 is 33.1. The number of non-ortho nitro benzene ring substituents is 1. The van der Waals surface area contributed by atoms with Gasteiger partial charge in [-0.2, -0.15) is 4.31 Å². The molecule has 2 heterocycles. The highest BCUT2D eigenvalue weighted by atomic mass is 32.2. The lowest BCUT2D eigenvalue weighted by atomic mass is 10.2. The minimum Gasteiger partial charge on any atom is -0.439 e. The third-order valence-electron chi connectivity index (χ3n) is 5.43. The number of nitro benzene ring substituents is 1. The molecule has 1 aliphatic heterocycles. The Morgan fingerprint density at radius 2 is 1.77 bits per heavy atom. The van der Waals surface area contributed by atoms with Gasteiger partial charge in [0.05, 0.1) is 22.1 Å². The Morgan fingerprint density at radius 3 is 2.45 bits per heavy atom. The minimum absolute atomic E-state index is 0.0663. The number of hydrogen-bond acceptors (Lipinski definition) is 7. The van der Waals surface area contributed by atoms with Gasteiger partial charge in [-0.25, -0.2) is 13.4 Å². The molecule has 31 heavy (non-hydrogen) atoms. The molecular formula is C21H22N4O5S. The van der Waals surface area contributed by atoms with E-state index in [1.54, 1.807) is 6.20 Å². The summed E-state index contributed by atoms with van der Waals surface area (Å²) in [7, 11) is -3.80. The summed E-state index contributed by atoms with van der Waals surface area (Å²) in [4.78, 5) is 16.8. The minimum atomic E-state index is -3.80. The molecule has 1 saturated heterocycles. The van der Waals surface area contributed by atoms with Crippen LogP contribution in [0.15, 0.2) is 70.1 Å². The van der Waals surface area contributed by atoms with Crippen LogP contribution in [-0.4, -0.2) is 53.7 Å². The van der Waals surface area contributed by atoms with Crippen LogP contribution in [-0.2, 0) is 10.0 Å². The first-order chi connectivity index (χ1) is 14.9. The Labute approximate surface area is 180 Å². The fourth-order valence-electron chi connectivity index (χ4n) is 3.61. The summed E-state index contributed by atoms with van der Waals surface area (Å²) in [5, 5.41) is 11.0. The van der Waals surface area contributed by atoms with Crippen molar-refractivity contribution in [3.63, 3.8) is 0 Å². The van der Waals surface area contributed by atoms with Crippen molar-refractivity contribution in [3.8, 4) is 11.3 Å². The molecule has 0 aliphatic carbocycles. The van der Waals surface area contributed by atoms with E-state index in [-0.39, 0.29) is 29.7 Å². The van der Waals surface area contributed by atoms with Gasteiger partial charge in [-0.3, -0.25) is 15.0 Å². The van der Waals surface area contributed by atoms with Gasteiger partial charge in [0.1, 0.15) is 0 Å². The van der Waals surface area contributed by atoms with Gasteiger partial charge < -0.3 is 4.42 Å². The molecule has 1 aliphatic rings. The van der Waals surface area contributed by atoms with E-state index in [4.69, 9.17) is 4.42 Å². The quantitative estimate of drug-likeness (QED) is 0.425. The first kappa shape index (κ1) is 21.2. The highest BCUT2D eigenvalue weighted by molar-refractivity contribution is 7.89. The molecule has 4 rings (SSSR count). The highest BCUT2D eigenvalue weighted by Crippen LogP contribution is 2.28. The second-order valence-corrected chi connectivity index (χ2v) is 9.24. The van der Waals surface area contributed by atoms with Crippen molar-refractivity contribution in [2.75, 3.05) is 26.2 Å².